The standard InChI is InChI=1S/C19H18/c1-3-4-5-7-12-18-15-19(14-13-16(18)2)17-10-8-6-9-11-17/h3-15H,1H2,2H3/b5-4-,12-7-. The van der Waals surface area contributed by atoms with Crippen LogP contribution in [0.15, 0.2) is 79.4 Å². The topological polar surface area (TPSA) is 0 Å². The molecule has 0 amide bonds. The van der Waals surface area contributed by atoms with Crippen LogP contribution in [0.4, 0.5) is 0 Å². The number of allylic oxidation sites excluding steroid dienone is 4. The fourth-order valence-corrected chi connectivity index (χ4v) is 1.93. The molecule has 0 radical (unpaired) electrons. The molecule has 2 aromatic rings. The Labute approximate surface area is 115 Å². The lowest BCUT2D eigenvalue weighted by Crippen LogP contribution is -1.83. The summed E-state index contributed by atoms with van der Waals surface area (Å²) in [7, 11) is 0. The van der Waals surface area contributed by atoms with Crippen molar-refractivity contribution in [3.05, 3.63) is 90.5 Å². The lowest BCUT2D eigenvalue weighted by Gasteiger charge is -2.05. The molecule has 0 fully saturated rings. The Hall–Kier alpha value is -2.34. The average molecular weight is 246 g/mol. The van der Waals surface area contributed by atoms with Gasteiger partial charge in [-0.3, -0.25) is 0 Å². The lowest BCUT2D eigenvalue weighted by molar-refractivity contribution is 1.44. The molecule has 0 saturated heterocycles. The number of aryl methyl sites for hydroxylation is 1. The Morgan fingerprint density at radius 3 is 2.37 bits per heavy atom. The molecule has 2 rings (SSSR count). The van der Waals surface area contributed by atoms with E-state index in [9.17, 15) is 0 Å². The molecule has 0 saturated carbocycles. The fourth-order valence-electron chi connectivity index (χ4n) is 1.93. The third-order valence-electron chi connectivity index (χ3n) is 3.02. The molecular formula is C19H18. The van der Waals surface area contributed by atoms with E-state index in [1.807, 2.05) is 24.3 Å². The second kappa shape index (κ2) is 6.55. The fraction of sp³-hybridized carbons (Fsp3) is 0.0526. The summed E-state index contributed by atoms with van der Waals surface area (Å²) < 4.78 is 0. The maximum atomic E-state index is 3.66. The van der Waals surface area contributed by atoms with Gasteiger partial charge >= 0.3 is 0 Å². The SMILES string of the molecule is C=C/C=C\C=C/c1cc(-c2ccccc2)ccc1C. The van der Waals surface area contributed by atoms with E-state index in [0.29, 0.717) is 0 Å². The Bertz CT molecular complexity index is 601. The number of hydrogen-bond donors (Lipinski definition) is 0. The predicted octanol–water partition coefficient (Wildman–Crippen LogP) is 5.42. The van der Waals surface area contributed by atoms with Crippen molar-refractivity contribution >= 4 is 6.08 Å². The predicted molar refractivity (Wildman–Crippen MR) is 85.0 cm³/mol. The summed E-state index contributed by atoms with van der Waals surface area (Å²) >= 11 is 0. The summed E-state index contributed by atoms with van der Waals surface area (Å²) in [5, 5.41) is 0. The van der Waals surface area contributed by atoms with Gasteiger partial charge in [0.2, 0.25) is 0 Å². The van der Waals surface area contributed by atoms with Crippen LogP contribution in [0.3, 0.4) is 0 Å². The molecule has 2 aromatic carbocycles. The average Bonchev–Trinajstić information content (AvgIpc) is 2.46. The molecular weight excluding hydrogens is 228 g/mol. The first-order chi connectivity index (χ1) is 9.31. The number of benzene rings is 2. The highest BCUT2D eigenvalue weighted by molar-refractivity contribution is 5.69. The first-order valence-electron chi connectivity index (χ1n) is 6.43. The van der Waals surface area contributed by atoms with Gasteiger partial charge in [0, 0.05) is 0 Å². The second-order valence-electron chi connectivity index (χ2n) is 4.42. The largest absolute Gasteiger partial charge is 0.0991 e. The van der Waals surface area contributed by atoms with Gasteiger partial charge in [-0.25, -0.2) is 0 Å². The van der Waals surface area contributed by atoms with Crippen molar-refractivity contribution in [1.82, 2.24) is 0 Å². The first-order valence-corrected chi connectivity index (χ1v) is 6.43. The van der Waals surface area contributed by atoms with E-state index in [1.54, 1.807) is 6.08 Å². The van der Waals surface area contributed by atoms with Gasteiger partial charge in [0.25, 0.3) is 0 Å². The molecule has 0 N–H and O–H groups in total. The van der Waals surface area contributed by atoms with Gasteiger partial charge in [-0.2, -0.15) is 0 Å². The van der Waals surface area contributed by atoms with E-state index in [4.69, 9.17) is 0 Å². The Kier molecular flexibility index (Phi) is 4.52. The zero-order valence-electron chi connectivity index (χ0n) is 11.2. The van der Waals surface area contributed by atoms with Crippen molar-refractivity contribution in [2.75, 3.05) is 0 Å². The molecule has 0 bridgehead atoms. The van der Waals surface area contributed by atoms with Gasteiger partial charge in [-0.05, 0) is 35.2 Å². The molecule has 0 aliphatic carbocycles. The van der Waals surface area contributed by atoms with E-state index < -0.39 is 0 Å². The van der Waals surface area contributed by atoms with Gasteiger partial charge in [0.15, 0.2) is 0 Å². The van der Waals surface area contributed by atoms with Crippen LogP contribution >= 0.6 is 0 Å². The minimum absolute atomic E-state index is 1.25. The maximum absolute atomic E-state index is 3.66. The van der Waals surface area contributed by atoms with Crippen molar-refractivity contribution in [1.29, 1.82) is 0 Å². The highest BCUT2D eigenvalue weighted by atomic mass is 14.0. The summed E-state index contributed by atoms with van der Waals surface area (Å²) in [4.78, 5) is 0. The Balaban J connectivity index is 2.32. The summed E-state index contributed by atoms with van der Waals surface area (Å²) in [6.45, 7) is 5.79. The highest BCUT2D eigenvalue weighted by Gasteiger charge is 1.99. The lowest BCUT2D eigenvalue weighted by atomic mass is 9.99. The van der Waals surface area contributed by atoms with Crippen LogP contribution in [0.5, 0.6) is 0 Å². The maximum Gasteiger partial charge on any atom is -0.0178 e. The second-order valence-corrected chi connectivity index (χ2v) is 4.42. The van der Waals surface area contributed by atoms with Gasteiger partial charge in [-0.15, -0.1) is 0 Å². The molecule has 19 heavy (non-hydrogen) atoms. The molecule has 0 heteroatoms. The summed E-state index contributed by atoms with van der Waals surface area (Å²) in [5.41, 5.74) is 5.02. The van der Waals surface area contributed by atoms with Crippen LogP contribution in [-0.4, -0.2) is 0 Å². The number of hydrogen-bond acceptors (Lipinski definition) is 0. The molecule has 0 aromatic heterocycles. The first kappa shape index (κ1) is 13.1. The minimum atomic E-state index is 1.25. The van der Waals surface area contributed by atoms with Crippen LogP contribution in [0.2, 0.25) is 0 Å². The minimum Gasteiger partial charge on any atom is -0.0991 e. The van der Waals surface area contributed by atoms with Crippen molar-refractivity contribution in [3.63, 3.8) is 0 Å². The molecule has 0 heterocycles. The highest BCUT2D eigenvalue weighted by Crippen LogP contribution is 2.22. The molecule has 94 valence electrons. The molecule has 0 atom stereocenters. The quantitative estimate of drug-likeness (QED) is 0.632. The smallest absolute Gasteiger partial charge is 0.0178 e. The van der Waals surface area contributed by atoms with Gasteiger partial charge in [0.1, 0.15) is 0 Å². The molecule has 0 aliphatic heterocycles. The van der Waals surface area contributed by atoms with Crippen LogP contribution in [0, 0.1) is 6.92 Å². The van der Waals surface area contributed by atoms with Crippen molar-refractivity contribution in [3.8, 4) is 11.1 Å². The van der Waals surface area contributed by atoms with Crippen molar-refractivity contribution in [2.24, 2.45) is 0 Å². The normalized spacial score (nSPS) is 11.2. The van der Waals surface area contributed by atoms with Crippen LogP contribution in [-0.2, 0) is 0 Å². The molecule has 0 spiro atoms. The van der Waals surface area contributed by atoms with Crippen LogP contribution in [0.1, 0.15) is 11.1 Å². The van der Waals surface area contributed by atoms with Crippen LogP contribution in [0.25, 0.3) is 17.2 Å². The zero-order valence-corrected chi connectivity index (χ0v) is 11.2. The summed E-state index contributed by atoms with van der Waals surface area (Å²) in [6, 6.07) is 17.0. The monoisotopic (exact) mass is 246 g/mol. The summed E-state index contributed by atoms with van der Waals surface area (Å²) in [5.74, 6) is 0. The van der Waals surface area contributed by atoms with Gasteiger partial charge in [-0.1, -0.05) is 79.4 Å². The van der Waals surface area contributed by atoms with E-state index >= 15 is 0 Å². The van der Waals surface area contributed by atoms with Crippen molar-refractivity contribution in [2.45, 2.75) is 6.92 Å². The van der Waals surface area contributed by atoms with Crippen LogP contribution < -0.4 is 0 Å². The van der Waals surface area contributed by atoms with Gasteiger partial charge < -0.3 is 0 Å². The molecule has 0 unspecified atom stereocenters. The Morgan fingerprint density at radius 1 is 0.842 bits per heavy atom. The van der Waals surface area contributed by atoms with E-state index in [2.05, 4.69) is 62.0 Å². The molecule has 0 nitrogen and oxygen atoms in total. The third kappa shape index (κ3) is 3.56. The van der Waals surface area contributed by atoms with E-state index in [1.165, 1.54) is 22.3 Å². The zero-order chi connectivity index (χ0) is 13.5. The summed E-state index contributed by atoms with van der Waals surface area (Å²) in [6.07, 6.45) is 9.85. The Morgan fingerprint density at radius 2 is 1.63 bits per heavy atom. The van der Waals surface area contributed by atoms with Crippen molar-refractivity contribution < 1.29 is 0 Å². The third-order valence-corrected chi connectivity index (χ3v) is 3.02. The molecule has 0 aliphatic rings. The van der Waals surface area contributed by atoms with Gasteiger partial charge in [0.05, 0.1) is 0 Å². The number of rotatable bonds is 4. The van der Waals surface area contributed by atoms with E-state index in [0.717, 1.165) is 0 Å². The van der Waals surface area contributed by atoms with E-state index in [-0.39, 0.29) is 0 Å².